The first kappa shape index (κ1) is 19.9. The molecule has 4 heteroatoms. The van der Waals surface area contributed by atoms with Gasteiger partial charge in [0.1, 0.15) is 17.1 Å². The summed E-state index contributed by atoms with van der Waals surface area (Å²) in [5.41, 5.74) is 0.520. The molecule has 2 rings (SSSR count). The molecule has 0 aliphatic carbocycles. The van der Waals surface area contributed by atoms with E-state index in [9.17, 15) is 4.21 Å². The molecular formula is C21H31NO2S. The minimum absolute atomic E-state index is 0.00980. The van der Waals surface area contributed by atoms with Gasteiger partial charge in [0.25, 0.3) is 0 Å². The van der Waals surface area contributed by atoms with Crippen molar-refractivity contribution in [2.45, 2.75) is 59.4 Å². The van der Waals surface area contributed by atoms with Crippen LogP contribution in [-0.4, -0.2) is 9.96 Å². The molecule has 0 amide bonds. The van der Waals surface area contributed by atoms with Gasteiger partial charge in [-0.05, 0) is 36.5 Å². The lowest BCUT2D eigenvalue weighted by molar-refractivity contribution is 0.332. The molecule has 2 atom stereocenters. The Bertz CT molecular complexity index is 687. The SMILES string of the molecule is CCCC[C@@](NS(=O)CC(C)(C)C)(c1ccccc1)c1ccc(C)o1. The van der Waals surface area contributed by atoms with Crippen molar-refractivity contribution < 1.29 is 8.63 Å². The third-order valence-corrected chi connectivity index (χ3v) is 5.89. The molecule has 0 radical (unpaired) electrons. The molecule has 0 saturated heterocycles. The first-order chi connectivity index (χ1) is 11.8. The number of nitrogens with one attached hydrogen (secondary N) is 1. The van der Waals surface area contributed by atoms with E-state index >= 15 is 0 Å². The highest BCUT2D eigenvalue weighted by atomic mass is 32.2. The van der Waals surface area contributed by atoms with Crippen molar-refractivity contribution in [2.24, 2.45) is 5.41 Å². The van der Waals surface area contributed by atoms with E-state index in [0.29, 0.717) is 5.75 Å². The number of hydrogen-bond donors (Lipinski definition) is 1. The Morgan fingerprint density at radius 1 is 1.08 bits per heavy atom. The fourth-order valence-electron chi connectivity index (χ4n) is 3.02. The summed E-state index contributed by atoms with van der Waals surface area (Å²) in [6.07, 6.45) is 2.94. The van der Waals surface area contributed by atoms with E-state index in [2.05, 4.69) is 44.5 Å². The van der Waals surface area contributed by atoms with Gasteiger partial charge in [-0.2, -0.15) is 0 Å². The molecular weight excluding hydrogens is 330 g/mol. The Morgan fingerprint density at radius 3 is 2.28 bits per heavy atom. The molecule has 1 N–H and O–H groups in total. The van der Waals surface area contributed by atoms with Crippen molar-refractivity contribution in [3.8, 4) is 0 Å². The molecule has 0 bridgehead atoms. The third-order valence-electron chi connectivity index (χ3n) is 4.19. The van der Waals surface area contributed by atoms with E-state index in [1.807, 2.05) is 37.3 Å². The van der Waals surface area contributed by atoms with Crippen LogP contribution in [0.15, 0.2) is 46.9 Å². The predicted octanol–water partition coefficient (Wildman–Crippen LogP) is 5.32. The zero-order chi connectivity index (χ0) is 18.5. The summed E-state index contributed by atoms with van der Waals surface area (Å²) in [5, 5.41) is 0. The normalized spacial score (nSPS) is 15.7. The molecule has 0 fully saturated rings. The van der Waals surface area contributed by atoms with Crippen LogP contribution in [0.25, 0.3) is 0 Å². The summed E-state index contributed by atoms with van der Waals surface area (Å²) in [7, 11) is -1.16. The van der Waals surface area contributed by atoms with Gasteiger partial charge in [-0.1, -0.05) is 70.9 Å². The standard InChI is InChI=1S/C21H31NO2S/c1-6-7-15-21(18-11-9-8-10-12-18,19-14-13-17(2)24-19)22-25(23)16-20(3,4)5/h8-14,22H,6-7,15-16H2,1-5H3/t21-,25?/m1/s1. The maximum atomic E-state index is 12.9. The monoisotopic (exact) mass is 361 g/mol. The predicted molar refractivity (Wildman–Crippen MR) is 106 cm³/mol. The highest BCUT2D eigenvalue weighted by molar-refractivity contribution is 7.83. The Balaban J connectivity index is 2.49. The van der Waals surface area contributed by atoms with E-state index < -0.39 is 16.5 Å². The number of aryl methyl sites for hydroxylation is 1. The summed E-state index contributed by atoms with van der Waals surface area (Å²) in [5.74, 6) is 2.30. The van der Waals surface area contributed by atoms with E-state index in [0.717, 1.165) is 36.3 Å². The fraction of sp³-hybridized carbons (Fsp3) is 0.524. The molecule has 0 aliphatic heterocycles. The highest BCUT2D eigenvalue weighted by Crippen LogP contribution is 2.36. The lowest BCUT2D eigenvalue weighted by Crippen LogP contribution is -2.46. The van der Waals surface area contributed by atoms with Gasteiger partial charge in [-0.25, -0.2) is 8.93 Å². The molecule has 0 saturated carbocycles. The van der Waals surface area contributed by atoms with Crippen LogP contribution in [0.1, 0.15) is 64.0 Å². The van der Waals surface area contributed by atoms with Gasteiger partial charge in [-0.15, -0.1) is 0 Å². The van der Waals surface area contributed by atoms with Crippen LogP contribution in [0, 0.1) is 12.3 Å². The Morgan fingerprint density at radius 2 is 1.76 bits per heavy atom. The average Bonchev–Trinajstić information content (AvgIpc) is 2.97. The smallest absolute Gasteiger partial charge is 0.129 e. The van der Waals surface area contributed by atoms with Crippen LogP contribution in [0.2, 0.25) is 0 Å². The van der Waals surface area contributed by atoms with E-state index in [1.165, 1.54) is 0 Å². The molecule has 1 unspecified atom stereocenters. The van der Waals surface area contributed by atoms with Gasteiger partial charge in [0.05, 0.1) is 11.0 Å². The minimum Gasteiger partial charge on any atom is -0.464 e. The van der Waals surface area contributed by atoms with Crippen molar-refractivity contribution in [2.75, 3.05) is 5.75 Å². The topological polar surface area (TPSA) is 42.2 Å². The van der Waals surface area contributed by atoms with Crippen molar-refractivity contribution in [1.29, 1.82) is 0 Å². The molecule has 3 nitrogen and oxygen atoms in total. The summed E-state index contributed by atoms with van der Waals surface area (Å²) in [4.78, 5) is 0. The van der Waals surface area contributed by atoms with Crippen LogP contribution in [0.3, 0.4) is 0 Å². The summed E-state index contributed by atoms with van der Waals surface area (Å²) in [6.45, 7) is 10.5. The lowest BCUT2D eigenvalue weighted by atomic mass is 9.83. The van der Waals surface area contributed by atoms with E-state index in [-0.39, 0.29) is 5.41 Å². The summed E-state index contributed by atoms with van der Waals surface area (Å²) < 4.78 is 22.4. The Labute approximate surface area is 154 Å². The molecule has 138 valence electrons. The number of rotatable bonds is 8. The zero-order valence-corrected chi connectivity index (χ0v) is 16.9. The maximum Gasteiger partial charge on any atom is 0.129 e. The molecule has 1 heterocycles. The van der Waals surface area contributed by atoms with Crippen LogP contribution in [-0.2, 0) is 16.5 Å². The largest absolute Gasteiger partial charge is 0.464 e. The van der Waals surface area contributed by atoms with Gasteiger partial charge in [-0.3, -0.25) is 0 Å². The molecule has 25 heavy (non-hydrogen) atoms. The van der Waals surface area contributed by atoms with Gasteiger partial charge >= 0.3 is 0 Å². The fourth-order valence-corrected chi connectivity index (χ4v) is 4.59. The highest BCUT2D eigenvalue weighted by Gasteiger charge is 2.38. The first-order valence-corrected chi connectivity index (χ1v) is 10.4. The van der Waals surface area contributed by atoms with Gasteiger partial charge < -0.3 is 4.42 Å². The van der Waals surface area contributed by atoms with Crippen molar-refractivity contribution >= 4 is 11.0 Å². The van der Waals surface area contributed by atoms with Crippen molar-refractivity contribution in [3.05, 3.63) is 59.5 Å². The van der Waals surface area contributed by atoms with Crippen molar-refractivity contribution in [1.82, 2.24) is 4.72 Å². The third kappa shape index (κ3) is 5.29. The molecule has 2 aromatic rings. The van der Waals surface area contributed by atoms with Crippen LogP contribution < -0.4 is 4.72 Å². The number of benzene rings is 1. The average molecular weight is 362 g/mol. The van der Waals surface area contributed by atoms with Gasteiger partial charge in [0.2, 0.25) is 0 Å². The number of unbranched alkanes of at least 4 members (excludes halogenated alkanes) is 1. The molecule has 0 aliphatic rings. The number of furan rings is 1. The summed E-state index contributed by atoms with van der Waals surface area (Å²) in [6, 6.07) is 14.2. The summed E-state index contributed by atoms with van der Waals surface area (Å²) >= 11 is 0. The lowest BCUT2D eigenvalue weighted by Gasteiger charge is -2.34. The quantitative estimate of drug-likeness (QED) is 0.691. The minimum atomic E-state index is -1.16. The van der Waals surface area contributed by atoms with Crippen LogP contribution in [0.4, 0.5) is 0 Å². The maximum absolute atomic E-state index is 12.9. The molecule has 1 aromatic heterocycles. The van der Waals surface area contributed by atoms with E-state index in [1.54, 1.807) is 0 Å². The molecule has 0 spiro atoms. The van der Waals surface area contributed by atoms with E-state index in [4.69, 9.17) is 4.42 Å². The van der Waals surface area contributed by atoms with Crippen molar-refractivity contribution in [3.63, 3.8) is 0 Å². The second kappa shape index (κ2) is 8.33. The Hall–Kier alpha value is -1.39. The Kier molecular flexibility index (Phi) is 6.64. The van der Waals surface area contributed by atoms with Gasteiger partial charge in [0.15, 0.2) is 0 Å². The first-order valence-electron chi connectivity index (χ1n) is 9.05. The number of hydrogen-bond acceptors (Lipinski definition) is 2. The second-order valence-corrected chi connectivity index (χ2v) is 9.12. The zero-order valence-electron chi connectivity index (χ0n) is 16.1. The van der Waals surface area contributed by atoms with Crippen LogP contribution >= 0.6 is 0 Å². The second-order valence-electron chi connectivity index (χ2n) is 7.94. The molecule has 1 aromatic carbocycles. The van der Waals surface area contributed by atoms with Gasteiger partial charge in [0, 0.05) is 5.75 Å². The van der Waals surface area contributed by atoms with Crippen LogP contribution in [0.5, 0.6) is 0 Å².